The average Bonchev–Trinajstić information content (AvgIpc) is 2.26. The summed E-state index contributed by atoms with van der Waals surface area (Å²) in [6.07, 6.45) is 0.764. The summed E-state index contributed by atoms with van der Waals surface area (Å²) in [7, 11) is 0. The SMILES string of the molecule is Cc1ccc(-c2nc(C)cc(CC(C)N)n2)c(Br)c1. The molecule has 2 rings (SSSR count). The van der Waals surface area contributed by atoms with Crippen LogP contribution in [0.1, 0.15) is 23.9 Å². The Labute approximate surface area is 122 Å². The highest BCUT2D eigenvalue weighted by atomic mass is 79.9. The van der Waals surface area contributed by atoms with Gasteiger partial charge in [-0.3, -0.25) is 0 Å². The molecule has 1 aromatic heterocycles. The van der Waals surface area contributed by atoms with E-state index in [0.717, 1.165) is 33.7 Å². The van der Waals surface area contributed by atoms with Crippen LogP contribution in [0.3, 0.4) is 0 Å². The van der Waals surface area contributed by atoms with Crippen LogP contribution < -0.4 is 5.73 Å². The highest BCUT2D eigenvalue weighted by Gasteiger charge is 2.09. The van der Waals surface area contributed by atoms with E-state index < -0.39 is 0 Å². The molecule has 1 unspecified atom stereocenters. The van der Waals surface area contributed by atoms with Gasteiger partial charge >= 0.3 is 0 Å². The van der Waals surface area contributed by atoms with E-state index >= 15 is 0 Å². The predicted molar refractivity (Wildman–Crippen MR) is 82.0 cm³/mol. The molecule has 2 N–H and O–H groups in total. The molecule has 3 nitrogen and oxygen atoms in total. The zero-order valence-corrected chi connectivity index (χ0v) is 13.0. The lowest BCUT2D eigenvalue weighted by Crippen LogP contribution is -2.19. The average molecular weight is 320 g/mol. The second-order valence-corrected chi connectivity index (χ2v) is 5.84. The van der Waals surface area contributed by atoms with Crippen molar-refractivity contribution in [2.45, 2.75) is 33.2 Å². The standard InChI is InChI=1S/C15H18BrN3/c1-9-4-5-13(14(16)6-9)15-18-11(3)8-12(19-15)7-10(2)17/h4-6,8,10H,7,17H2,1-3H3. The van der Waals surface area contributed by atoms with E-state index in [-0.39, 0.29) is 6.04 Å². The second kappa shape index (κ2) is 5.80. The van der Waals surface area contributed by atoms with Crippen LogP contribution in [0, 0.1) is 13.8 Å². The predicted octanol–water partition coefficient (Wildman–Crippen LogP) is 3.41. The van der Waals surface area contributed by atoms with Gasteiger partial charge in [-0.1, -0.05) is 22.0 Å². The van der Waals surface area contributed by atoms with E-state index in [4.69, 9.17) is 5.73 Å². The van der Waals surface area contributed by atoms with Crippen LogP contribution in [0.2, 0.25) is 0 Å². The van der Waals surface area contributed by atoms with Crippen LogP contribution in [-0.2, 0) is 6.42 Å². The Bertz CT molecular complexity index is 594. The molecule has 0 bridgehead atoms. The summed E-state index contributed by atoms with van der Waals surface area (Å²) in [5, 5.41) is 0. The maximum atomic E-state index is 5.84. The first-order valence-electron chi connectivity index (χ1n) is 6.32. The Balaban J connectivity index is 2.46. The fourth-order valence-electron chi connectivity index (χ4n) is 1.99. The van der Waals surface area contributed by atoms with E-state index in [1.165, 1.54) is 5.56 Å². The number of hydrogen-bond acceptors (Lipinski definition) is 3. The molecular weight excluding hydrogens is 302 g/mol. The van der Waals surface area contributed by atoms with Gasteiger partial charge in [0.15, 0.2) is 5.82 Å². The van der Waals surface area contributed by atoms with Gasteiger partial charge in [-0.25, -0.2) is 9.97 Å². The van der Waals surface area contributed by atoms with Crippen LogP contribution in [0.25, 0.3) is 11.4 Å². The van der Waals surface area contributed by atoms with Gasteiger partial charge < -0.3 is 5.73 Å². The Morgan fingerprint density at radius 2 is 1.95 bits per heavy atom. The molecule has 2 aromatic rings. The number of nitrogens with two attached hydrogens (primary N) is 1. The highest BCUT2D eigenvalue weighted by molar-refractivity contribution is 9.10. The summed E-state index contributed by atoms with van der Waals surface area (Å²) in [6, 6.07) is 8.28. The molecule has 1 heterocycles. The first kappa shape index (κ1) is 14.2. The second-order valence-electron chi connectivity index (χ2n) is 4.99. The molecule has 0 spiro atoms. The third-order valence-electron chi connectivity index (χ3n) is 2.80. The van der Waals surface area contributed by atoms with Gasteiger partial charge in [-0.05, 0) is 44.5 Å². The van der Waals surface area contributed by atoms with Crippen molar-refractivity contribution in [3.8, 4) is 11.4 Å². The monoisotopic (exact) mass is 319 g/mol. The van der Waals surface area contributed by atoms with E-state index in [1.807, 2.05) is 26.0 Å². The van der Waals surface area contributed by atoms with Gasteiger partial charge in [0, 0.05) is 33.9 Å². The molecule has 1 atom stereocenters. The Morgan fingerprint density at radius 3 is 2.58 bits per heavy atom. The van der Waals surface area contributed by atoms with E-state index in [2.05, 4.69) is 45.0 Å². The van der Waals surface area contributed by atoms with Gasteiger partial charge in [0.2, 0.25) is 0 Å². The zero-order valence-electron chi connectivity index (χ0n) is 11.4. The Hall–Kier alpha value is -1.26. The van der Waals surface area contributed by atoms with Crippen molar-refractivity contribution in [2.75, 3.05) is 0 Å². The van der Waals surface area contributed by atoms with Crippen molar-refractivity contribution in [3.63, 3.8) is 0 Å². The van der Waals surface area contributed by atoms with Crippen molar-refractivity contribution < 1.29 is 0 Å². The van der Waals surface area contributed by atoms with Gasteiger partial charge in [-0.15, -0.1) is 0 Å². The summed E-state index contributed by atoms with van der Waals surface area (Å²) in [4.78, 5) is 9.13. The van der Waals surface area contributed by atoms with Crippen molar-refractivity contribution in [3.05, 3.63) is 45.7 Å². The molecule has 0 radical (unpaired) electrons. The molecule has 0 saturated heterocycles. The quantitative estimate of drug-likeness (QED) is 0.943. The van der Waals surface area contributed by atoms with Gasteiger partial charge in [0.05, 0.1) is 0 Å². The Morgan fingerprint density at radius 1 is 1.21 bits per heavy atom. The smallest absolute Gasteiger partial charge is 0.160 e. The summed E-state index contributed by atoms with van der Waals surface area (Å²) in [5.74, 6) is 0.752. The number of aryl methyl sites for hydroxylation is 2. The maximum Gasteiger partial charge on any atom is 0.160 e. The van der Waals surface area contributed by atoms with E-state index in [0.29, 0.717) is 0 Å². The van der Waals surface area contributed by atoms with Crippen LogP contribution in [-0.4, -0.2) is 16.0 Å². The molecule has 4 heteroatoms. The number of hydrogen-bond donors (Lipinski definition) is 1. The summed E-state index contributed by atoms with van der Waals surface area (Å²) in [6.45, 7) is 6.03. The fraction of sp³-hybridized carbons (Fsp3) is 0.333. The summed E-state index contributed by atoms with van der Waals surface area (Å²) >= 11 is 3.58. The molecule has 1 aromatic carbocycles. The van der Waals surface area contributed by atoms with Crippen molar-refractivity contribution in [2.24, 2.45) is 5.73 Å². The number of rotatable bonds is 3. The van der Waals surface area contributed by atoms with E-state index in [9.17, 15) is 0 Å². The molecule has 19 heavy (non-hydrogen) atoms. The maximum absolute atomic E-state index is 5.84. The van der Waals surface area contributed by atoms with Crippen molar-refractivity contribution >= 4 is 15.9 Å². The number of benzene rings is 1. The van der Waals surface area contributed by atoms with Gasteiger partial charge in [0.25, 0.3) is 0 Å². The summed E-state index contributed by atoms with van der Waals surface area (Å²) < 4.78 is 1.02. The van der Waals surface area contributed by atoms with Gasteiger partial charge in [-0.2, -0.15) is 0 Å². The minimum Gasteiger partial charge on any atom is -0.328 e. The fourth-order valence-corrected chi connectivity index (χ4v) is 2.66. The zero-order chi connectivity index (χ0) is 14.0. The number of nitrogens with zero attached hydrogens (tertiary/aromatic N) is 2. The topological polar surface area (TPSA) is 51.8 Å². The van der Waals surface area contributed by atoms with Crippen molar-refractivity contribution in [1.82, 2.24) is 9.97 Å². The van der Waals surface area contributed by atoms with Crippen molar-refractivity contribution in [1.29, 1.82) is 0 Å². The van der Waals surface area contributed by atoms with Crippen LogP contribution in [0.15, 0.2) is 28.7 Å². The molecular formula is C15H18BrN3. The normalized spacial score (nSPS) is 12.5. The number of aromatic nitrogens is 2. The molecule has 0 aliphatic carbocycles. The van der Waals surface area contributed by atoms with Crippen LogP contribution in [0.5, 0.6) is 0 Å². The lowest BCUT2D eigenvalue weighted by molar-refractivity contribution is 0.719. The van der Waals surface area contributed by atoms with Crippen LogP contribution >= 0.6 is 15.9 Å². The lowest BCUT2D eigenvalue weighted by atomic mass is 10.1. The minimum absolute atomic E-state index is 0.101. The molecule has 0 fully saturated rings. The molecule has 100 valence electrons. The lowest BCUT2D eigenvalue weighted by Gasteiger charge is -2.09. The third-order valence-corrected chi connectivity index (χ3v) is 3.46. The third kappa shape index (κ3) is 3.61. The highest BCUT2D eigenvalue weighted by Crippen LogP contribution is 2.27. The van der Waals surface area contributed by atoms with E-state index in [1.54, 1.807) is 0 Å². The minimum atomic E-state index is 0.101. The molecule has 0 aliphatic rings. The molecule has 0 saturated carbocycles. The van der Waals surface area contributed by atoms with Crippen LogP contribution in [0.4, 0.5) is 0 Å². The summed E-state index contributed by atoms with van der Waals surface area (Å²) in [5.41, 5.74) is 10.0. The first-order valence-corrected chi connectivity index (χ1v) is 7.11. The Kier molecular flexibility index (Phi) is 4.32. The molecule has 0 amide bonds. The largest absolute Gasteiger partial charge is 0.328 e. The van der Waals surface area contributed by atoms with Gasteiger partial charge in [0.1, 0.15) is 0 Å². The first-order chi connectivity index (χ1) is 8.95. The molecule has 0 aliphatic heterocycles. The number of halogens is 1.